The number of carbonyl (C=O) groups excluding carboxylic acids is 4. The SMILES string of the molecule is CC1=CC(=O)C2=C(CC3C(=CCC4C(=O)N(c5ccc(-c6nc7ccccc7o6)cc5)C(=O)C43)C2c2ccc(OCCO)cc2)C1=O. The van der Waals surface area contributed by atoms with Crippen molar-refractivity contribution in [3.05, 3.63) is 113 Å². The number of hydrogen-bond donors (Lipinski definition) is 1. The van der Waals surface area contributed by atoms with Crippen LogP contribution >= 0.6 is 0 Å². The van der Waals surface area contributed by atoms with Gasteiger partial charge in [0.1, 0.15) is 17.9 Å². The molecule has 2 amide bonds. The van der Waals surface area contributed by atoms with Crippen LogP contribution in [0.4, 0.5) is 5.69 Å². The van der Waals surface area contributed by atoms with Gasteiger partial charge in [0.25, 0.3) is 0 Å². The molecule has 2 heterocycles. The van der Waals surface area contributed by atoms with Crippen LogP contribution in [-0.2, 0) is 19.2 Å². The zero-order chi connectivity index (χ0) is 32.4. The monoisotopic (exact) mass is 626 g/mol. The minimum Gasteiger partial charge on any atom is -0.491 e. The van der Waals surface area contributed by atoms with Crippen molar-refractivity contribution in [3.8, 4) is 17.2 Å². The Kier molecular flexibility index (Phi) is 6.88. The molecular formula is C38H30N2O7. The van der Waals surface area contributed by atoms with Crippen LogP contribution in [-0.4, -0.2) is 46.7 Å². The molecule has 47 heavy (non-hydrogen) atoms. The van der Waals surface area contributed by atoms with E-state index in [1.807, 2.05) is 42.5 Å². The first-order valence-corrected chi connectivity index (χ1v) is 15.7. The second-order valence-corrected chi connectivity index (χ2v) is 12.4. The number of hydrogen-bond acceptors (Lipinski definition) is 8. The number of oxazole rings is 1. The van der Waals surface area contributed by atoms with Crippen LogP contribution in [0.1, 0.15) is 31.2 Å². The van der Waals surface area contributed by atoms with Crippen LogP contribution < -0.4 is 9.64 Å². The lowest BCUT2D eigenvalue weighted by molar-refractivity contribution is -0.123. The minimum atomic E-state index is -0.669. The number of para-hydroxylation sites is 2. The molecule has 0 spiro atoms. The smallest absolute Gasteiger partial charge is 0.238 e. The van der Waals surface area contributed by atoms with E-state index in [0.717, 1.165) is 22.2 Å². The van der Waals surface area contributed by atoms with Gasteiger partial charge in [-0.3, -0.25) is 24.1 Å². The minimum absolute atomic E-state index is 0.119. The summed E-state index contributed by atoms with van der Waals surface area (Å²) in [6.07, 6.45) is 3.97. The lowest BCUT2D eigenvalue weighted by Crippen LogP contribution is -2.39. The number of anilines is 1. The second-order valence-electron chi connectivity index (χ2n) is 12.4. The number of aliphatic hydroxyl groups excluding tert-OH is 1. The van der Waals surface area contributed by atoms with Crippen LogP contribution in [0.25, 0.3) is 22.6 Å². The Labute approximate surface area is 269 Å². The van der Waals surface area contributed by atoms with Gasteiger partial charge in [-0.25, -0.2) is 4.98 Å². The first-order valence-electron chi connectivity index (χ1n) is 15.7. The number of ketones is 2. The van der Waals surface area contributed by atoms with Gasteiger partial charge in [-0.2, -0.15) is 0 Å². The summed E-state index contributed by atoms with van der Waals surface area (Å²) in [6, 6.07) is 21.8. The van der Waals surface area contributed by atoms with Crippen molar-refractivity contribution < 1.29 is 33.4 Å². The molecule has 1 aliphatic heterocycles. The van der Waals surface area contributed by atoms with E-state index in [1.54, 1.807) is 43.3 Å². The van der Waals surface area contributed by atoms with Gasteiger partial charge in [-0.1, -0.05) is 35.9 Å². The third kappa shape index (κ3) is 4.60. The maximum Gasteiger partial charge on any atom is 0.238 e. The Morgan fingerprint density at radius 1 is 0.936 bits per heavy atom. The fourth-order valence-corrected chi connectivity index (χ4v) is 7.68. The molecule has 3 aliphatic carbocycles. The maximum atomic E-state index is 14.3. The van der Waals surface area contributed by atoms with E-state index in [9.17, 15) is 19.2 Å². The molecule has 4 unspecified atom stereocenters. The summed E-state index contributed by atoms with van der Waals surface area (Å²) < 4.78 is 11.4. The number of allylic oxidation sites excluding steroid dienone is 6. The zero-order valence-electron chi connectivity index (χ0n) is 25.5. The molecule has 1 saturated heterocycles. The van der Waals surface area contributed by atoms with E-state index in [1.165, 1.54) is 11.0 Å². The van der Waals surface area contributed by atoms with Crippen molar-refractivity contribution in [1.82, 2.24) is 4.98 Å². The van der Waals surface area contributed by atoms with Crippen molar-refractivity contribution in [2.45, 2.75) is 25.7 Å². The Bertz CT molecular complexity index is 2050. The standard InChI is InChI=1S/C38H30N2O7/c1-20-18-30(42)34-28(35(20)43)19-27-25(32(34)21-8-12-24(13-9-21)46-17-16-41)14-15-26-33(27)38(45)40(37(26)44)23-10-6-22(7-11-23)36-39-29-4-2-3-5-31(29)47-36/h2-14,18,26-27,32-33,41H,15-17,19H2,1H3. The number of carbonyl (C=O) groups is 4. The highest BCUT2D eigenvalue weighted by Gasteiger charge is 2.56. The number of fused-ring (bicyclic) bond motifs is 4. The quantitative estimate of drug-likeness (QED) is 0.169. The van der Waals surface area contributed by atoms with Gasteiger partial charge < -0.3 is 14.3 Å². The lowest BCUT2D eigenvalue weighted by atomic mass is 9.59. The predicted octanol–water partition coefficient (Wildman–Crippen LogP) is 5.50. The van der Waals surface area contributed by atoms with Crippen molar-refractivity contribution in [1.29, 1.82) is 0 Å². The van der Waals surface area contributed by atoms with Crippen LogP contribution in [0.5, 0.6) is 5.75 Å². The number of imide groups is 1. The molecule has 4 aromatic rings. The molecule has 0 bridgehead atoms. The summed E-state index contributed by atoms with van der Waals surface area (Å²) in [4.78, 5) is 61.0. The van der Waals surface area contributed by atoms with Gasteiger partial charge in [0.05, 0.1) is 24.1 Å². The summed E-state index contributed by atoms with van der Waals surface area (Å²) in [7, 11) is 0. The van der Waals surface area contributed by atoms with Gasteiger partial charge in [-0.15, -0.1) is 0 Å². The molecule has 234 valence electrons. The zero-order valence-corrected chi connectivity index (χ0v) is 25.5. The molecule has 1 fully saturated rings. The Hall–Kier alpha value is -5.41. The van der Waals surface area contributed by atoms with E-state index in [0.29, 0.717) is 46.1 Å². The van der Waals surface area contributed by atoms with Gasteiger partial charge in [0.15, 0.2) is 17.1 Å². The van der Waals surface area contributed by atoms with Gasteiger partial charge in [0.2, 0.25) is 17.7 Å². The third-order valence-electron chi connectivity index (χ3n) is 9.80. The summed E-state index contributed by atoms with van der Waals surface area (Å²) in [6.45, 7) is 1.67. The molecule has 9 heteroatoms. The summed E-state index contributed by atoms with van der Waals surface area (Å²) in [5, 5.41) is 9.14. The van der Waals surface area contributed by atoms with E-state index >= 15 is 0 Å². The number of aliphatic hydroxyl groups is 1. The maximum absolute atomic E-state index is 14.3. The molecule has 1 aromatic heterocycles. The number of aromatic nitrogens is 1. The second kappa shape index (κ2) is 11.1. The highest BCUT2D eigenvalue weighted by atomic mass is 16.5. The summed E-state index contributed by atoms with van der Waals surface area (Å²) >= 11 is 0. The summed E-state index contributed by atoms with van der Waals surface area (Å²) in [5.41, 5.74) is 5.50. The van der Waals surface area contributed by atoms with Crippen LogP contribution in [0, 0.1) is 17.8 Å². The van der Waals surface area contributed by atoms with Gasteiger partial charge in [-0.05, 0) is 85.9 Å². The molecular weight excluding hydrogens is 596 g/mol. The number of rotatable bonds is 6. The predicted molar refractivity (Wildman–Crippen MR) is 172 cm³/mol. The Morgan fingerprint density at radius 2 is 1.70 bits per heavy atom. The van der Waals surface area contributed by atoms with Crippen LogP contribution in [0.3, 0.4) is 0 Å². The highest BCUT2D eigenvalue weighted by Crippen LogP contribution is 2.55. The largest absolute Gasteiger partial charge is 0.491 e. The molecule has 4 atom stereocenters. The number of amides is 2. The van der Waals surface area contributed by atoms with E-state index in [4.69, 9.17) is 14.3 Å². The molecule has 1 N–H and O–H groups in total. The average Bonchev–Trinajstić information content (AvgIpc) is 3.64. The van der Waals surface area contributed by atoms with E-state index in [-0.39, 0.29) is 43.0 Å². The molecule has 8 rings (SSSR count). The fraction of sp³-hybridized carbons (Fsp3) is 0.237. The number of ether oxygens (including phenoxy) is 1. The Balaban J connectivity index is 1.14. The first-order chi connectivity index (χ1) is 22.8. The third-order valence-corrected chi connectivity index (χ3v) is 9.80. The fourth-order valence-electron chi connectivity index (χ4n) is 7.68. The van der Waals surface area contributed by atoms with Crippen LogP contribution in [0.2, 0.25) is 0 Å². The van der Waals surface area contributed by atoms with Crippen molar-refractivity contribution >= 4 is 40.2 Å². The lowest BCUT2D eigenvalue weighted by Gasteiger charge is -2.42. The number of Topliss-reactive ketones (excluding diaryl/α,β-unsaturated/α-hetero) is 1. The van der Waals surface area contributed by atoms with Crippen molar-refractivity contribution in [3.63, 3.8) is 0 Å². The molecule has 0 radical (unpaired) electrons. The van der Waals surface area contributed by atoms with E-state index < -0.39 is 23.7 Å². The molecule has 9 nitrogen and oxygen atoms in total. The Morgan fingerprint density at radius 3 is 2.45 bits per heavy atom. The molecule has 4 aliphatic rings. The summed E-state index contributed by atoms with van der Waals surface area (Å²) in [5.74, 6) is -2.17. The topological polar surface area (TPSA) is 127 Å². The van der Waals surface area contributed by atoms with Gasteiger partial charge >= 0.3 is 0 Å². The van der Waals surface area contributed by atoms with Gasteiger partial charge in [0, 0.05) is 28.2 Å². The molecule has 3 aromatic carbocycles. The average molecular weight is 627 g/mol. The highest BCUT2D eigenvalue weighted by molar-refractivity contribution is 6.25. The van der Waals surface area contributed by atoms with E-state index in [2.05, 4.69) is 4.98 Å². The normalized spacial score (nSPS) is 23.8. The van der Waals surface area contributed by atoms with Crippen LogP contribution in [0.15, 0.2) is 112 Å². The number of benzene rings is 3. The van der Waals surface area contributed by atoms with Crippen molar-refractivity contribution in [2.24, 2.45) is 17.8 Å². The number of nitrogens with zero attached hydrogens (tertiary/aromatic N) is 2. The van der Waals surface area contributed by atoms with Crippen molar-refractivity contribution in [2.75, 3.05) is 18.1 Å². The molecule has 0 saturated carbocycles. The first kappa shape index (κ1) is 29.0.